The van der Waals surface area contributed by atoms with Crippen LogP contribution in [0.1, 0.15) is 24.4 Å². The largest absolute Gasteiger partial charge is 0.328 e. The molecule has 2 amide bonds. The van der Waals surface area contributed by atoms with Crippen LogP contribution in [0.4, 0.5) is 10.5 Å². The predicted molar refractivity (Wildman–Crippen MR) is 96.4 cm³/mol. The van der Waals surface area contributed by atoms with Gasteiger partial charge in [0, 0.05) is 16.9 Å². The highest BCUT2D eigenvalue weighted by molar-refractivity contribution is 9.10. The molecule has 0 fully saturated rings. The fraction of sp³-hybridized carbons (Fsp3) is 0.125. The molecule has 3 aromatic rings. The molecule has 0 bridgehead atoms. The number of rotatable bonds is 4. The van der Waals surface area contributed by atoms with Crippen molar-refractivity contribution in [2.24, 2.45) is 0 Å². The van der Waals surface area contributed by atoms with Crippen molar-refractivity contribution < 1.29 is 4.79 Å². The normalized spacial score (nSPS) is 11.4. The van der Waals surface area contributed by atoms with Crippen LogP contribution in [0.5, 0.6) is 0 Å². The molecule has 1 atom stereocenters. The second-order valence-electron chi connectivity index (χ2n) is 5.21. The third kappa shape index (κ3) is 3.84. The number of hydrogen-bond acceptors (Lipinski definition) is 6. The Kier molecular flexibility index (Phi) is 5.19. The minimum atomic E-state index is -0.446. The van der Waals surface area contributed by atoms with Crippen LogP contribution in [0.2, 0.25) is 0 Å². The molecule has 0 aliphatic heterocycles. The molecular formula is C16H13BrN8O. The van der Waals surface area contributed by atoms with Crippen LogP contribution in [0.25, 0.3) is 5.95 Å². The highest BCUT2D eigenvalue weighted by atomic mass is 79.9. The molecule has 2 heterocycles. The van der Waals surface area contributed by atoms with E-state index in [0.29, 0.717) is 27.5 Å². The van der Waals surface area contributed by atoms with Crippen LogP contribution in [0.15, 0.2) is 47.5 Å². The first-order valence-electron chi connectivity index (χ1n) is 7.53. The molecule has 0 aliphatic rings. The zero-order chi connectivity index (χ0) is 18.5. The number of anilines is 1. The quantitative estimate of drug-likeness (QED) is 0.678. The van der Waals surface area contributed by atoms with E-state index in [2.05, 4.69) is 46.6 Å². The molecule has 26 heavy (non-hydrogen) atoms. The van der Waals surface area contributed by atoms with Crippen LogP contribution in [0.3, 0.4) is 0 Å². The maximum Gasteiger partial charge on any atom is 0.319 e. The van der Waals surface area contributed by atoms with Crippen LogP contribution in [-0.4, -0.2) is 30.8 Å². The lowest BCUT2D eigenvalue weighted by Crippen LogP contribution is -2.32. The van der Waals surface area contributed by atoms with Gasteiger partial charge in [-0.25, -0.2) is 19.7 Å². The average molecular weight is 413 g/mol. The number of urea groups is 1. The van der Waals surface area contributed by atoms with Crippen molar-refractivity contribution in [3.63, 3.8) is 0 Å². The Balaban J connectivity index is 1.71. The number of aromatic nitrogens is 5. The molecule has 0 aliphatic carbocycles. The van der Waals surface area contributed by atoms with Crippen LogP contribution >= 0.6 is 15.9 Å². The number of nitrogens with one attached hydrogen (secondary N) is 2. The molecule has 130 valence electrons. The molecule has 0 unspecified atom stereocenters. The number of benzene rings is 1. The third-order valence-corrected chi connectivity index (χ3v) is 4.05. The Labute approximate surface area is 157 Å². The van der Waals surface area contributed by atoms with Crippen molar-refractivity contribution >= 4 is 27.6 Å². The average Bonchev–Trinajstić information content (AvgIpc) is 3.14. The molecule has 9 nitrogen and oxygen atoms in total. The molecule has 0 spiro atoms. The summed E-state index contributed by atoms with van der Waals surface area (Å²) in [5.41, 5.74) is 1.04. The zero-order valence-electron chi connectivity index (χ0n) is 13.6. The van der Waals surface area contributed by atoms with Crippen molar-refractivity contribution in [1.82, 2.24) is 30.0 Å². The summed E-state index contributed by atoms with van der Waals surface area (Å²) in [5.74, 6) is 0.856. The molecule has 0 saturated heterocycles. The van der Waals surface area contributed by atoms with Gasteiger partial charge in [0.05, 0.1) is 23.4 Å². The standard InChI is InChI=1S/C16H13BrN8O/c1-10(14-21-9-22-25(14)15-19-5-2-6-20-15)23-16(26)24-13-4-3-11(8-18)7-12(13)17/h2-7,9-10H,1H3,(H2,23,24,26)/t10-/m0/s1. The van der Waals surface area contributed by atoms with Gasteiger partial charge in [-0.1, -0.05) is 0 Å². The van der Waals surface area contributed by atoms with E-state index < -0.39 is 12.1 Å². The Morgan fingerprint density at radius 2 is 2.08 bits per heavy atom. The predicted octanol–water partition coefficient (Wildman–Crippen LogP) is 2.57. The maximum absolute atomic E-state index is 12.3. The van der Waals surface area contributed by atoms with E-state index in [9.17, 15) is 4.79 Å². The molecular weight excluding hydrogens is 400 g/mol. The van der Waals surface area contributed by atoms with Gasteiger partial charge in [-0.05, 0) is 47.1 Å². The van der Waals surface area contributed by atoms with Gasteiger partial charge in [0.2, 0.25) is 0 Å². The van der Waals surface area contributed by atoms with E-state index in [1.54, 1.807) is 43.6 Å². The van der Waals surface area contributed by atoms with E-state index in [4.69, 9.17) is 5.26 Å². The second-order valence-corrected chi connectivity index (χ2v) is 6.06. The van der Waals surface area contributed by atoms with Crippen molar-refractivity contribution in [3.8, 4) is 12.0 Å². The van der Waals surface area contributed by atoms with Gasteiger partial charge >= 0.3 is 6.03 Å². The zero-order valence-corrected chi connectivity index (χ0v) is 15.2. The van der Waals surface area contributed by atoms with Gasteiger partial charge < -0.3 is 10.6 Å². The Morgan fingerprint density at radius 1 is 1.31 bits per heavy atom. The van der Waals surface area contributed by atoms with Crippen LogP contribution in [0, 0.1) is 11.3 Å². The van der Waals surface area contributed by atoms with Gasteiger partial charge in [-0.3, -0.25) is 0 Å². The fourth-order valence-corrected chi connectivity index (χ4v) is 2.68. The van der Waals surface area contributed by atoms with Gasteiger partial charge in [0.15, 0.2) is 5.82 Å². The Hall–Kier alpha value is -3.32. The topological polar surface area (TPSA) is 121 Å². The third-order valence-electron chi connectivity index (χ3n) is 3.40. The number of nitrogens with zero attached hydrogens (tertiary/aromatic N) is 6. The van der Waals surface area contributed by atoms with E-state index in [1.165, 1.54) is 11.0 Å². The first kappa shape index (κ1) is 17.5. The van der Waals surface area contributed by atoms with E-state index in [0.717, 1.165) is 0 Å². The highest BCUT2D eigenvalue weighted by Crippen LogP contribution is 2.23. The lowest BCUT2D eigenvalue weighted by Gasteiger charge is -2.15. The summed E-state index contributed by atoms with van der Waals surface area (Å²) in [6, 6.07) is 7.75. The number of carbonyl (C=O) groups is 1. The van der Waals surface area contributed by atoms with Crippen molar-refractivity contribution in [3.05, 3.63) is 58.8 Å². The molecule has 0 saturated carbocycles. The number of hydrogen-bond donors (Lipinski definition) is 2. The molecule has 0 radical (unpaired) electrons. The first-order valence-corrected chi connectivity index (χ1v) is 8.32. The lowest BCUT2D eigenvalue weighted by atomic mass is 10.2. The second kappa shape index (κ2) is 7.71. The number of halogens is 1. The molecule has 2 aromatic heterocycles. The maximum atomic E-state index is 12.3. The summed E-state index contributed by atoms with van der Waals surface area (Å²) in [6.07, 6.45) is 4.57. The lowest BCUT2D eigenvalue weighted by molar-refractivity contribution is 0.248. The van der Waals surface area contributed by atoms with Crippen molar-refractivity contribution in [1.29, 1.82) is 5.26 Å². The highest BCUT2D eigenvalue weighted by Gasteiger charge is 2.18. The minimum Gasteiger partial charge on any atom is -0.328 e. The fourth-order valence-electron chi connectivity index (χ4n) is 2.21. The first-order chi connectivity index (χ1) is 12.6. The summed E-state index contributed by atoms with van der Waals surface area (Å²) in [7, 11) is 0. The van der Waals surface area contributed by atoms with E-state index in [-0.39, 0.29) is 0 Å². The van der Waals surface area contributed by atoms with Gasteiger partial charge in [-0.2, -0.15) is 15.0 Å². The summed E-state index contributed by atoms with van der Waals surface area (Å²) in [6.45, 7) is 1.77. The summed E-state index contributed by atoms with van der Waals surface area (Å²) in [5, 5.41) is 18.5. The number of nitriles is 1. The van der Waals surface area contributed by atoms with Gasteiger partial charge in [-0.15, -0.1) is 0 Å². The molecule has 2 N–H and O–H groups in total. The summed E-state index contributed by atoms with van der Waals surface area (Å²) in [4.78, 5) is 24.7. The van der Waals surface area contributed by atoms with Gasteiger partial charge in [0.1, 0.15) is 6.33 Å². The SMILES string of the molecule is C[C@H](NC(=O)Nc1ccc(C#N)cc1Br)c1ncnn1-c1ncccn1. The summed E-state index contributed by atoms with van der Waals surface area (Å²) < 4.78 is 2.07. The van der Waals surface area contributed by atoms with E-state index >= 15 is 0 Å². The smallest absolute Gasteiger partial charge is 0.319 e. The summed E-state index contributed by atoms with van der Waals surface area (Å²) >= 11 is 3.33. The van der Waals surface area contributed by atoms with Crippen molar-refractivity contribution in [2.75, 3.05) is 5.32 Å². The van der Waals surface area contributed by atoms with Crippen molar-refractivity contribution in [2.45, 2.75) is 13.0 Å². The molecule has 3 rings (SSSR count). The Bertz CT molecular complexity index is 966. The van der Waals surface area contributed by atoms with Crippen LogP contribution < -0.4 is 10.6 Å². The van der Waals surface area contributed by atoms with E-state index in [1.807, 2.05) is 6.07 Å². The molecule has 1 aromatic carbocycles. The number of carbonyl (C=O) groups excluding carboxylic acids is 1. The molecule has 10 heteroatoms. The monoisotopic (exact) mass is 412 g/mol. The number of amides is 2. The van der Waals surface area contributed by atoms with Gasteiger partial charge in [0.25, 0.3) is 5.95 Å². The van der Waals surface area contributed by atoms with Crippen LogP contribution in [-0.2, 0) is 0 Å². The minimum absolute atomic E-state index is 0.365. The Morgan fingerprint density at radius 3 is 2.77 bits per heavy atom.